The molecule has 286 valence electrons. The lowest BCUT2D eigenvalue weighted by atomic mass is 9.82. The number of ether oxygens (including phenoxy) is 2. The van der Waals surface area contributed by atoms with Gasteiger partial charge >= 0.3 is 0 Å². The highest BCUT2D eigenvalue weighted by Crippen LogP contribution is 2.60. The molecule has 1 spiro atoms. The molecule has 3 aliphatic rings. The quantitative estimate of drug-likeness (QED) is 0.141. The summed E-state index contributed by atoms with van der Waals surface area (Å²) in [6.45, 7) is 6.16. The second-order valence-electron chi connectivity index (χ2n) is 15.4. The van der Waals surface area contributed by atoms with E-state index in [1.54, 1.807) is 26.8 Å². The van der Waals surface area contributed by atoms with E-state index in [0.29, 0.717) is 46.2 Å². The molecule has 0 aromatic heterocycles. The maximum atomic E-state index is 15.0. The summed E-state index contributed by atoms with van der Waals surface area (Å²) in [4.78, 5) is 59.7. The smallest absolute Gasteiger partial charge is 0.266 e. The van der Waals surface area contributed by atoms with E-state index in [9.17, 15) is 24.3 Å². The van der Waals surface area contributed by atoms with Gasteiger partial charge in [0.25, 0.3) is 11.8 Å². The fraction of sp³-hybridized carbons (Fsp3) is 0.267. The van der Waals surface area contributed by atoms with Crippen LogP contribution in [0.2, 0.25) is 18.6 Å². The SMILES string of the molecule is C[C@H]1[C@H]([Si](C)(C)O)[C@@H](CC(=O)N(CCO)Cc2ccccc2)O[C@]12C(=O)N(Cc1ccc(N3C(=O)c4ccccc4Oc4ccccc43)cc1)c1ccccc12. The average Bonchev–Trinajstić information content (AvgIpc) is 3.57. The third-order valence-corrected chi connectivity index (χ3v) is 13.9. The van der Waals surface area contributed by atoms with Gasteiger partial charge in [-0.05, 0) is 66.7 Å². The van der Waals surface area contributed by atoms with Gasteiger partial charge in [0.1, 0.15) is 5.75 Å². The van der Waals surface area contributed by atoms with Crippen molar-refractivity contribution in [2.24, 2.45) is 5.92 Å². The van der Waals surface area contributed by atoms with Crippen molar-refractivity contribution in [2.45, 2.75) is 56.8 Å². The molecule has 0 unspecified atom stereocenters. The van der Waals surface area contributed by atoms with Crippen LogP contribution in [0.4, 0.5) is 17.1 Å². The monoisotopic (exact) mass is 767 g/mol. The number of hydrogen-bond donors (Lipinski definition) is 2. The Hall–Kier alpha value is -5.59. The van der Waals surface area contributed by atoms with Crippen LogP contribution in [0.5, 0.6) is 11.5 Å². The van der Waals surface area contributed by atoms with E-state index in [-0.39, 0.29) is 43.8 Å². The number of aliphatic hydroxyl groups excluding tert-OH is 1. The van der Waals surface area contributed by atoms with Gasteiger partial charge in [0.2, 0.25) is 5.91 Å². The minimum absolute atomic E-state index is 0.0364. The Balaban J connectivity index is 1.08. The van der Waals surface area contributed by atoms with Gasteiger partial charge in [-0.2, -0.15) is 0 Å². The van der Waals surface area contributed by atoms with E-state index in [0.717, 1.165) is 11.1 Å². The third kappa shape index (κ3) is 6.50. The van der Waals surface area contributed by atoms with E-state index in [4.69, 9.17) is 9.47 Å². The van der Waals surface area contributed by atoms with Crippen LogP contribution in [0.25, 0.3) is 0 Å². The zero-order valence-corrected chi connectivity index (χ0v) is 32.7. The molecule has 3 amide bonds. The molecule has 56 heavy (non-hydrogen) atoms. The van der Waals surface area contributed by atoms with Gasteiger partial charge in [0, 0.05) is 35.8 Å². The lowest BCUT2D eigenvalue weighted by Gasteiger charge is -2.32. The van der Waals surface area contributed by atoms with Gasteiger partial charge in [-0.15, -0.1) is 0 Å². The van der Waals surface area contributed by atoms with Crippen LogP contribution in [0.3, 0.4) is 0 Å². The Morgan fingerprint density at radius 3 is 2.16 bits per heavy atom. The Kier molecular flexibility index (Phi) is 9.88. The number of amides is 3. The zero-order chi connectivity index (χ0) is 39.2. The predicted octanol–water partition coefficient (Wildman–Crippen LogP) is 7.53. The van der Waals surface area contributed by atoms with Crippen molar-refractivity contribution in [3.05, 3.63) is 150 Å². The second-order valence-corrected chi connectivity index (χ2v) is 19.3. The Bertz CT molecular complexity index is 2280. The number of aliphatic hydroxyl groups is 1. The van der Waals surface area contributed by atoms with Crippen molar-refractivity contribution in [1.29, 1.82) is 0 Å². The molecule has 4 atom stereocenters. The normalized spacial score (nSPS) is 21.3. The molecule has 0 aliphatic carbocycles. The molecule has 0 saturated carbocycles. The first kappa shape index (κ1) is 37.3. The summed E-state index contributed by atoms with van der Waals surface area (Å²) in [5, 5.41) is 9.86. The summed E-state index contributed by atoms with van der Waals surface area (Å²) in [5.74, 6) is -0.0495. The molecular formula is C45H45N3O7Si. The van der Waals surface area contributed by atoms with Gasteiger partial charge in [0.15, 0.2) is 19.7 Å². The average molecular weight is 768 g/mol. The van der Waals surface area contributed by atoms with Crippen molar-refractivity contribution in [2.75, 3.05) is 23.0 Å². The van der Waals surface area contributed by atoms with E-state index < -0.39 is 31.5 Å². The number of carbonyl (C=O) groups excluding carboxylic acids is 3. The van der Waals surface area contributed by atoms with Crippen LogP contribution in [-0.4, -0.2) is 60.1 Å². The maximum Gasteiger partial charge on any atom is 0.266 e. The molecule has 1 saturated heterocycles. The molecule has 5 aromatic rings. The molecule has 10 nitrogen and oxygen atoms in total. The minimum atomic E-state index is -3.02. The van der Waals surface area contributed by atoms with Crippen LogP contribution < -0.4 is 14.5 Å². The lowest BCUT2D eigenvalue weighted by Crippen LogP contribution is -2.46. The molecule has 11 heteroatoms. The predicted molar refractivity (Wildman–Crippen MR) is 216 cm³/mol. The van der Waals surface area contributed by atoms with E-state index in [1.165, 1.54) is 0 Å². The Morgan fingerprint density at radius 1 is 0.804 bits per heavy atom. The minimum Gasteiger partial charge on any atom is -0.454 e. The molecule has 1 fully saturated rings. The summed E-state index contributed by atoms with van der Waals surface area (Å²) in [6.07, 6.45) is -0.758. The standard InChI is InChI=1S/C45H45N3O7Si/c1-30-42(56(2,3)53)40(27-41(50)46(25-26-49)28-31-13-5-4-6-14-31)55-45(30)35-16-8-9-17-36(35)47(44(45)52)29-32-21-23-33(24-22-32)48-37-18-10-12-20-39(37)54-38-19-11-7-15-34(38)43(48)51/h4-24,30,40,42,49,53H,25-29H2,1-3H3/t30-,40+,42-,45+/m0/s1. The first-order valence-electron chi connectivity index (χ1n) is 19.0. The number of hydrogen-bond acceptors (Lipinski definition) is 7. The van der Waals surface area contributed by atoms with Gasteiger partial charge in [-0.25, -0.2) is 0 Å². The number of benzene rings is 5. The third-order valence-electron chi connectivity index (χ3n) is 11.4. The van der Waals surface area contributed by atoms with Crippen molar-refractivity contribution >= 4 is 43.1 Å². The molecular weight excluding hydrogens is 723 g/mol. The molecule has 3 aliphatic heterocycles. The fourth-order valence-electron chi connectivity index (χ4n) is 8.90. The van der Waals surface area contributed by atoms with Crippen LogP contribution in [-0.2, 0) is 33.0 Å². The fourth-order valence-corrected chi connectivity index (χ4v) is 11.5. The summed E-state index contributed by atoms with van der Waals surface area (Å²) < 4.78 is 13.1. The number of rotatable bonds is 10. The van der Waals surface area contributed by atoms with Crippen molar-refractivity contribution < 1.29 is 33.8 Å². The van der Waals surface area contributed by atoms with Crippen molar-refractivity contribution in [1.82, 2.24) is 4.90 Å². The van der Waals surface area contributed by atoms with E-state index >= 15 is 0 Å². The zero-order valence-electron chi connectivity index (χ0n) is 31.7. The van der Waals surface area contributed by atoms with Crippen LogP contribution in [0.15, 0.2) is 127 Å². The van der Waals surface area contributed by atoms with Crippen LogP contribution >= 0.6 is 0 Å². The number of carbonyl (C=O) groups is 3. The number of nitrogens with zero attached hydrogens (tertiary/aromatic N) is 3. The molecule has 2 N–H and O–H groups in total. The van der Waals surface area contributed by atoms with Gasteiger partial charge in [-0.1, -0.05) is 91.9 Å². The van der Waals surface area contributed by atoms with Gasteiger partial charge in [-0.3, -0.25) is 19.3 Å². The molecule has 0 radical (unpaired) electrons. The summed E-state index contributed by atoms with van der Waals surface area (Å²) in [5.41, 5.74) is 3.09. The maximum absolute atomic E-state index is 15.0. The highest BCUT2D eigenvalue weighted by Gasteiger charge is 2.66. The van der Waals surface area contributed by atoms with Crippen LogP contribution in [0, 0.1) is 5.92 Å². The molecule has 5 aromatic carbocycles. The second kappa shape index (κ2) is 14.8. The van der Waals surface area contributed by atoms with Crippen molar-refractivity contribution in [3.63, 3.8) is 0 Å². The van der Waals surface area contributed by atoms with E-state index in [2.05, 4.69) is 0 Å². The summed E-state index contributed by atoms with van der Waals surface area (Å²) >= 11 is 0. The Morgan fingerprint density at radius 2 is 1.45 bits per heavy atom. The molecule has 0 bridgehead atoms. The largest absolute Gasteiger partial charge is 0.454 e. The molecule has 3 heterocycles. The highest BCUT2D eigenvalue weighted by molar-refractivity contribution is 6.71. The molecule has 8 rings (SSSR count). The summed E-state index contributed by atoms with van der Waals surface area (Å²) in [6, 6.07) is 39.4. The number of fused-ring (bicyclic) bond motifs is 4. The number of para-hydroxylation sites is 4. The van der Waals surface area contributed by atoms with E-state index in [1.807, 2.05) is 135 Å². The Labute approximate surface area is 327 Å². The first-order valence-corrected chi connectivity index (χ1v) is 22.1. The highest BCUT2D eigenvalue weighted by atomic mass is 28.4. The first-order chi connectivity index (χ1) is 27.0. The van der Waals surface area contributed by atoms with Crippen molar-refractivity contribution in [3.8, 4) is 11.5 Å². The number of anilines is 3. The van der Waals surface area contributed by atoms with Crippen LogP contribution in [0.1, 0.15) is 40.4 Å². The van der Waals surface area contributed by atoms with Gasteiger partial charge < -0.3 is 29.2 Å². The topological polar surface area (TPSA) is 120 Å². The van der Waals surface area contributed by atoms with Gasteiger partial charge in [0.05, 0.1) is 42.6 Å². The lowest BCUT2D eigenvalue weighted by molar-refractivity contribution is -0.150. The summed E-state index contributed by atoms with van der Waals surface area (Å²) in [7, 11) is -3.02.